The molecule has 2 heteroatoms. The molecule has 1 aliphatic rings. The van der Waals surface area contributed by atoms with Gasteiger partial charge in [0.2, 0.25) is 0 Å². The topological polar surface area (TPSA) is 38.0 Å². The van der Waals surface area contributed by atoms with Crippen molar-refractivity contribution in [3.63, 3.8) is 0 Å². The molecule has 0 saturated heterocycles. The Morgan fingerprint density at radius 1 is 1.24 bits per heavy atom. The summed E-state index contributed by atoms with van der Waals surface area (Å²) >= 11 is 0. The van der Waals surface area contributed by atoms with Crippen molar-refractivity contribution in [3.8, 4) is 0 Å². The molecular formula is C23H32N2. The van der Waals surface area contributed by atoms with E-state index in [0.717, 1.165) is 17.7 Å². The van der Waals surface area contributed by atoms with Crippen molar-refractivity contribution in [2.24, 2.45) is 5.84 Å². The van der Waals surface area contributed by atoms with E-state index >= 15 is 0 Å². The van der Waals surface area contributed by atoms with Crippen molar-refractivity contribution in [1.29, 1.82) is 0 Å². The molecule has 0 amide bonds. The number of aryl methyl sites for hydroxylation is 1. The molecule has 0 heterocycles. The van der Waals surface area contributed by atoms with E-state index in [2.05, 4.69) is 67.8 Å². The van der Waals surface area contributed by atoms with Gasteiger partial charge in [0, 0.05) is 0 Å². The van der Waals surface area contributed by atoms with E-state index in [-0.39, 0.29) is 0 Å². The maximum atomic E-state index is 5.58. The summed E-state index contributed by atoms with van der Waals surface area (Å²) in [7, 11) is 0. The monoisotopic (exact) mass is 336 g/mol. The van der Waals surface area contributed by atoms with Gasteiger partial charge >= 0.3 is 0 Å². The summed E-state index contributed by atoms with van der Waals surface area (Å²) in [4.78, 5) is 0. The molecule has 0 saturated carbocycles. The highest BCUT2D eigenvalue weighted by molar-refractivity contribution is 5.38. The first-order chi connectivity index (χ1) is 12.1. The lowest BCUT2D eigenvalue weighted by atomic mass is 10.1. The lowest BCUT2D eigenvalue weighted by molar-refractivity contribution is 0.893. The van der Waals surface area contributed by atoms with Crippen molar-refractivity contribution in [3.05, 3.63) is 94.8 Å². The van der Waals surface area contributed by atoms with Gasteiger partial charge in [-0.05, 0) is 58.1 Å². The van der Waals surface area contributed by atoms with E-state index in [4.69, 9.17) is 5.84 Å². The van der Waals surface area contributed by atoms with Crippen LogP contribution in [0.4, 0.5) is 0 Å². The molecular weight excluding hydrogens is 304 g/mol. The second-order valence-electron chi connectivity index (χ2n) is 6.18. The third-order valence-corrected chi connectivity index (χ3v) is 3.97. The Morgan fingerprint density at radius 2 is 2.04 bits per heavy atom. The molecule has 0 aliphatic heterocycles. The molecule has 0 radical (unpaired) electrons. The zero-order valence-corrected chi connectivity index (χ0v) is 16.0. The van der Waals surface area contributed by atoms with Crippen LogP contribution in [0.25, 0.3) is 0 Å². The summed E-state index contributed by atoms with van der Waals surface area (Å²) in [6, 6.07) is 8.50. The van der Waals surface area contributed by atoms with E-state index in [0.29, 0.717) is 0 Å². The van der Waals surface area contributed by atoms with Gasteiger partial charge in [-0.3, -0.25) is 5.84 Å². The Labute approximate surface area is 153 Å². The highest BCUT2D eigenvalue weighted by Gasteiger charge is 1.99. The van der Waals surface area contributed by atoms with Crippen LogP contribution in [-0.4, -0.2) is 0 Å². The summed E-state index contributed by atoms with van der Waals surface area (Å²) in [5.41, 5.74) is 8.90. The van der Waals surface area contributed by atoms with Crippen LogP contribution in [0.1, 0.15) is 44.7 Å². The normalized spacial score (nSPS) is 14.8. The van der Waals surface area contributed by atoms with Gasteiger partial charge < -0.3 is 5.43 Å². The molecule has 25 heavy (non-hydrogen) atoms. The van der Waals surface area contributed by atoms with Crippen LogP contribution in [0.2, 0.25) is 0 Å². The van der Waals surface area contributed by atoms with Crippen LogP contribution in [0, 0.1) is 6.92 Å². The molecule has 0 aromatic heterocycles. The van der Waals surface area contributed by atoms with Crippen LogP contribution in [0.15, 0.2) is 83.6 Å². The third-order valence-electron chi connectivity index (χ3n) is 3.97. The first-order valence-electron chi connectivity index (χ1n) is 8.94. The van der Waals surface area contributed by atoms with E-state index in [9.17, 15) is 0 Å². The largest absolute Gasteiger partial charge is 0.324 e. The Balaban J connectivity index is 0.000000370. The molecule has 0 bridgehead atoms. The number of rotatable bonds is 5. The number of hydrogen-bond donors (Lipinski definition) is 2. The number of hydrazine groups is 1. The molecule has 1 aromatic rings. The Hall–Kier alpha value is -2.32. The van der Waals surface area contributed by atoms with Gasteiger partial charge in [-0.1, -0.05) is 77.9 Å². The average Bonchev–Trinajstić information content (AvgIpc) is 2.62. The number of nitrogens with two attached hydrogens (primary N) is 1. The molecule has 0 fully saturated rings. The average molecular weight is 337 g/mol. The highest BCUT2D eigenvalue weighted by atomic mass is 15.2. The molecule has 134 valence electrons. The minimum atomic E-state index is 0.871. The quantitative estimate of drug-likeness (QED) is 0.412. The Kier molecular flexibility index (Phi) is 10.0. The summed E-state index contributed by atoms with van der Waals surface area (Å²) in [5.74, 6) is 5.58. The molecule has 3 N–H and O–H groups in total. The van der Waals surface area contributed by atoms with E-state index < -0.39 is 0 Å². The fraction of sp³-hybridized carbons (Fsp3) is 0.304. The van der Waals surface area contributed by atoms with Crippen molar-refractivity contribution >= 4 is 0 Å². The van der Waals surface area contributed by atoms with E-state index in [1.807, 2.05) is 32.1 Å². The predicted octanol–water partition coefficient (Wildman–Crippen LogP) is 5.69. The number of nitrogens with one attached hydrogen (secondary N) is 1. The maximum Gasteiger partial charge on any atom is 0.0517 e. The fourth-order valence-corrected chi connectivity index (χ4v) is 2.56. The van der Waals surface area contributed by atoms with E-state index in [1.54, 1.807) is 0 Å². The van der Waals surface area contributed by atoms with Crippen LogP contribution < -0.4 is 11.3 Å². The maximum absolute atomic E-state index is 5.58. The van der Waals surface area contributed by atoms with E-state index in [1.165, 1.54) is 29.5 Å². The van der Waals surface area contributed by atoms with Crippen molar-refractivity contribution in [2.75, 3.05) is 0 Å². The minimum Gasteiger partial charge on any atom is -0.324 e. The standard InChI is InChI=1S/C16H22N2.C7H10/c1-4-7-15(5-2)16(18-17)11-10-14-9-6-8-13(3)12-14;1-7-5-3-2-4-6-7/h4-9,11-12,18H,10,17H2,1-3H3;2-3,5H,4,6H2,1H3/b7-4-,15-5+,16-11-;. The molecule has 0 spiro atoms. The Morgan fingerprint density at radius 3 is 2.52 bits per heavy atom. The van der Waals surface area contributed by atoms with Gasteiger partial charge in [-0.2, -0.15) is 0 Å². The lowest BCUT2D eigenvalue weighted by Crippen LogP contribution is -2.22. The van der Waals surface area contributed by atoms with Gasteiger partial charge in [0.05, 0.1) is 5.70 Å². The van der Waals surface area contributed by atoms with Crippen molar-refractivity contribution < 1.29 is 0 Å². The molecule has 1 aliphatic carbocycles. The van der Waals surface area contributed by atoms with Crippen LogP contribution in [0.3, 0.4) is 0 Å². The summed E-state index contributed by atoms with van der Waals surface area (Å²) in [6.07, 6.45) is 18.1. The second kappa shape index (κ2) is 12.1. The first-order valence-corrected chi connectivity index (χ1v) is 8.94. The number of benzene rings is 1. The highest BCUT2D eigenvalue weighted by Crippen LogP contribution is 2.11. The molecule has 0 unspecified atom stereocenters. The summed E-state index contributed by atoms with van der Waals surface area (Å²) in [5, 5.41) is 0. The minimum absolute atomic E-state index is 0.871. The smallest absolute Gasteiger partial charge is 0.0517 e. The van der Waals surface area contributed by atoms with Gasteiger partial charge in [0.25, 0.3) is 0 Å². The first kappa shape index (κ1) is 20.7. The van der Waals surface area contributed by atoms with Crippen LogP contribution >= 0.6 is 0 Å². The molecule has 2 nitrogen and oxygen atoms in total. The zero-order valence-electron chi connectivity index (χ0n) is 16.0. The molecule has 2 rings (SSSR count). The number of allylic oxidation sites excluding steroid dienone is 8. The van der Waals surface area contributed by atoms with Gasteiger partial charge in [-0.15, -0.1) is 0 Å². The number of hydrogen-bond acceptors (Lipinski definition) is 2. The summed E-state index contributed by atoms with van der Waals surface area (Å²) in [6.45, 7) is 8.28. The van der Waals surface area contributed by atoms with Crippen molar-refractivity contribution in [2.45, 2.75) is 47.0 Å². The fourth-order valence-electron chi connectivity index (χ4n) is 2.56. The van der Waals surface area contributed by atoms with Gasteiger partial charge in [0.1, 0.15) is 0 Å². The lowest BCUT2D eigenvalue weighted by Gasteiger charge is -2.08. The second-order valence-corrected chi connectivity index (χ2v) is 6.18. The zero-order chi connectivity index (χ0) is 18.5. The molecule has 0 atom stereocenters. The van der Waals surface area contributed by atoms with Crippen LogP contribution in [-0.2, 0) is 6.42 Å². The predicted molar refractivity (Wildman–Crippen MR) is 111 cm³/mol. The third kappa shape index (κ3) is 8.37. The Bertz CT molecular complexity index is 673. The SMILES string of the molecule is CC1=CC=CCC1.C\C=C/C(=C\C)C(=C/Cc1cccc(C)c1)/NN. The van der Waals surface area contributed by atoms with Crippen LogP contribution in [0.5, 0.6) is 0 Å². The summed E-state index contributed by atoms with van der Waals surface area (Å²) < 4.78 is 0. The van der Waals surface area contributed by atoms with Gasteiger partial charge in [0.15, 0.2) is 0 Å². The van der Waals surface area contributed by atoms with Gasteiger partial charge in [-0.25, -0.2) is 0 Å². The molecule has 1 aromatic carbocycles. The van der Waals surface area contributed by atoms with Crippen molar-refractivity contribution in [1.82, 2.24) is 5.43 Å².